The van der Waals surface area contributed by atoms with E-state index in [1.807, 2.05) is 0 Å². The number of hydrogen-bond donors (Lipinski definition) is 2. The van der Waals surface area contributed by atoms with E-state index in [-0.39, 0.29) is 9.49 Å². The Morgan fingerprint density at radius 1 is 0.952 bits per heavy atom. The summed E-state index contributed by atoms with van der Waals surface area (Å²) in [5, 5.41) is 0. The highest BCUT2D eigenvalue weighted by molar-refractivity contribution is 7.81. The highest BCUT2D eigenvalue weighted by Crippen LogP contribution is 2.48. The van der Waals surface area contributed by atoms with Crippen LogP contribution in [0.25, 0.3) is 0 Å². The van der Waals surface area contributed by atoms with E-state index in [4.69, 9.17) is 25.3 Å². The Morgan fingerprint density at radius 3 is 2.00 bits per heavy atom. The molecule has 1 aliphatic rings. The first-order chi connectivity index (χ1) is 9.30. The Hall–Kier alpha value is 0.700. The van der Waals surface area contributed by atoms with Crippen LogP contribution in [0.1, 0.15) is 87.0 Å². The predicted molar refractivity (Wildman–Crippen MR) is 104 cm³/mol. The second kappa shape index (κ2) is 7.07. The van der Waals surface area contributed by atoms with Gasteiger partial charge in [-0.05, 0) is 48.9 Å². The highest BCUT2D eigenvalue weighted by atomic mass is 32.1. The van der Waals surface area contributed by atoms with Crippen molar-refractivity contribution >= 4 is 25.3 Å². The van der Waals surface area contributed by atoms with Crippen molar-refractivity contribution in [3.05, 3.63) is 0 Å². The first-order valence-corrected chi connectivity index (χ1v) is 9.64. The lowest BCUT2D eigenvalue weighted by atomic mass is 9.63. The third-order valence-electron chi connectivity index (χ3n) is 5.33. The molecule has 21 heavy (non-hydrogen) atoms. The first kappa shape index (κ1) is 19.7. The van der Waals surface area contributed by atoms with Gasteiger partial charge in [0.25, 0.3) is 0 Å². The summed E-state index contributed by atoms with van der Waals surface area (Å²) in [6.07, 6.45) is 8.07. The van der Waals surface area contributed by atoms with Gasteiger partial charge < -0.3 is 0 Å². The summed E-state index contributed by atoms with van der Waals surface area (Å²) in [6.45, 7) is 16.4. The standard InChI is InChI=1S/C19H38S2/c1-14(12-18(4,5)20)15-9-8-10-16(11-15)17(2,3)13-19(6,7)21/h14-16,20-21H,8-13H2,1-7H3. The fraction of sp³-hybridized carbons (Fsp3) is 1.00. The number of thiol groups is 2. The molecular formula is C19H38S2. The van der Waals surface area contributed by atoms with Gasteiger partial charge in [0, 0.05) is 9.49 Å². The Bertz CT molecular complexity index is 319. The van der Waals surface area contributed by atoms with Crippen molar-refractivity contribution < 1.29 is 0 Å². The highest BCUT2D eigenvalue weighted by Gasteiger charge is 2.38. The molecule has 1 saturated carbocycles. The van der Waals surface area contributed by atoms with E-state index >= 15 is 0 Å². The zero-order chi connectivity index (χ0) is 16.5. The fourth-order valence-electron chi connectivity index (χ4n) is 4.67. The molecule has 3 atom stereocenters. The third kappa shape index (κ3) is 7.20. The van der Waals surface area contributed by atoms with Gasteiger partial charge in [0.15, 0.2) is 0 Å². The van der Waals surface area contributed by atoms with Crippen LogP contribution in [0.2, 0.25) is 0 Å². The topological polar surface area (TPSA) is 0 Å². The summed E-state index contributed by atoms with van der Waals surface area (Å²) in [6, 6.07) is 0. The molecule has 0 amide bonds. The van der Waals surface area contributed by atoms with Gasteiger partial charge in [-0.15, -0.1) is 0 Å². The van der Waals surface area contributed by atoms with Crippen molar-refractivity contribution in [2.45, 2.75) is 96.5 Å². The molecule has 3 unspecified atom stereocenters. The molecule has 0 aromatic carbocycles. The molecular weight excluding hydrogens is 292 g/mol. The van der Waals surface area contributed by atoms with Gasteiger partial charge in [-0.2, -0.15) is 25.3 Å². The van der Waals surface area contributed by atoms with Crippen LogP contribution < -0.4 is 0 Å². The lowest BCUT2D eigenvalue weighted by molar-refractivity contribution is 0.0852. The predicted octanol–water partition coefficient (Wildman–Crippen LogP) is 6.65. The van der Waals surface area contributed by atoms with Gasteiger partial charge >= 0.3 is 0 Å². The van der Waals surface area contributed by atoms with Gasteiger partial charge in [-0.25, -0.2) is 0 Å². The molecule has 0 nitrogen and oxygen atoms in total. The van der Waals surface area contributed by atoms with Crippen LogP contribution in [-0.2, 0) is 0 Å². The quantitative estimate of drug-likeness (QED) is 0.500. The summed E-state index contributed by atoms with van der Waals surface area (Å²) >= 11 is 9.52. The summed E-state index contributed by atoms with van der Waals surface area (Å²) in [5.74, 6) is 2.53. The van der Waals surface area contributed by atoms with Crippen LogP contribution >= 0.6 is 25.3 Å². The number of rotatable bonds is 6. The lowest BCUT2D eigenvalue weighted by Gasteiger charge is -2.44. The van der Waals surface area contributed by atoms with Gasteiger partial charge in [-0.3, -0.25) is 0 Å². The maximum atomic E-state index is 4.78. The minimum absolute atomic E-state index is 0.134. The zero-order valence-corrected chi connectivity index (χ0v) is 17.2. The molecule has 0 heterocycles. The van der Waals surface area contributed by atoms with E-state index in [0.29, 0.717) is 5.41 Å². The molecule has 0 radical (unpaired) electrons. The molecule has 1 rings (SSSR count). The van der Waals surface area contributed by atoms with Crippen molar-refractivity contribution in [2.75, 3.05) is 0 Å². The normalized spacial score (nSPS) is 26.7. The summed E-state index contributed by atoms with van der Waals surface area (Å²) < 4.78 is 0.296. The summed E-state index contributed by atoms with van der Waals surface area (Å²) in [5.41, 5.74) is 0.403. The van der Waals surface area contributed by atoms with Crippen molar-refractivity contribution in [2.24, 2.45) is 23.2 Å². The van der Waals surface area contributed by atoms with E-state index in [1.54, 1.807) is 0 Å². The van der Waals surface area contributed by atoms with Gasteiger partial charge in [0.05, 0.1) is 0 Å². The van der Waals surface area contributed by atoms with Gasteiger partial charge in [0.1, 0.15) is 0 Å². The van der Waals surface area contributed by atoms with E-state index in [9.17, 15) is 0 Å². The molecule has 0 saturated heterocycles. The average molecular weight is 331 g/mol. The second-order valence-corrected chi connectivity index (χ2v) is 12.0. The fourth-order valence-corrected chi connectivity index (χ4v) is 5.36. The van der Waals surface area contributed by atoms with Crippen LogP contribution in [0.4, 0.5) is 0 Å². The molecule has 126 valence electrons. The van der Waals surface area contributed by atoms with E-state index < -0.39 is 0 Å². The molecule has 0 bridgehead atoms. The maximum Gasteiger partial charge on any atom is 0.00783 e. The Kier molecular flexibility index (Phi) is 6.65. The molecule has 0 spiro atoms. The van der Waals surface area contributed by atoms with Crippen molar-refractivity contribution in [3.8, 4) is 0 Å². The number of hydrogen-bond acceptors (Lipinski definition) is 2. The minimum atomic E-state index is 0.134. The molecule has 0 aromatic rings. The van der Waals surface area contributed by atoms with E-state index in [0.717, 1.165) is 17.8 Å². The van der Waals surface area contributed by atoms with Crippen molar-refractivity contribution in [1.29, 1.82) is 0 Å². The summed E-state index contributed by atoms with van der Waals surface area (Å²) in [7, 11) is 0. The lowest BCUT2D eigenvalue weighted by Crippen LogP contribution is -2.36. The zero-order valence-electron chi connectivity index (χ0n) is 15.4. The monoisotopic (exact) mass is 330 g/mol. The van der Waals surface area contributed by atoms with E-state index in [1.165, 1.54) is 38.5 Å². The van der Waals surface area contributed by atoms with Crippen LogP contribution in [0.15, 0.2) is 0 Å². The molecule has 1 aliphatic carbocycles. The smallest absolute Gasteiger partial charge is 0.00783 e. The molecule has 2 heteroatoms. The molecule has 1 fully saturated rings. The third-order valence-corrected chi connectivity index (χ3v) is 5.68. The maximum absolute atomic E-state index is 4.78. The molecule has 0 N–H and O–H groups in total. The Labute approximate surface area is 145 Å². The average Bonchev–Trinajstić information content (AvgIpc) is 2.23. The van der Waals surface area contributed by atoms with Gasteiger partial charge in [0.2, 0.25) is 0 Å². The second-order valence-electron chi connectivity index (χ2n) is 9.60. The van der Waals surface area contributed by atoms with Gasteiger partial charge in [-0.1, -0.05) is 61.3 Å². The summed E-state index contributed by atoms with van der Waals surface area (Å²) in [4.78, 5) is 0. The van der Waals surface area contributed by atoms with Crippen molar-refractivity contribution in [1.82, 2.24) is 0 Å². The Morgan fingerprint density at radius 2 is 1.52 bits per heavy atom. The van der Waals surface area contributed by atoms with Crippen molar-refractivity contribution in [3.63, 3.8) is 0 Å². The van der Waals surface area contributed by atoms with Crippen LogP contribution in [-0.4, -0.2) is 9.49 Å². The van der Waals surface area contributed by atoms with Crippen LogP contribution in [0, 0.1) is 23.2 Å². The Balaban J connectivity index is 2.67. The molecule has 0 aromatic heterocycles. The van der Waals surface area contributed by atoms with E-state index in [2.05, 4.69) is 48.5 Å². The largest absolute Gasteiger partial charge is 0.173 e. The first-order valence-electron chi connectivity index (χ1n) is 8.75. The van der Waals surface area contributed by atoms with Crippen LogP contribution in [0.5, 0.6) is 0 Å². The minimum Gasteiger partial charge on any atom is -0.173 e. The van der Waals surface area contributed by atoms with Crippen LogP contribution in [0.3, 0.4) is 0 Å². The SMILES string of the molecule is CC(CC(C)(C)S)C1CCCC(C(C)(C)CC(C)(C)S)C1. The molecule has 0 aliphatic heterocycles.